The van der Waals surface area contributed by atoms with E-state index in [0.29, 0.717) is 6.04 Å². The van der Waals surface area contributed by atoms with E-state index in [1.165, 1.54) is 25.0 Å². The number of hydrogen-bond acceptors (Lipinski definition) is 3. The molecule has 2 aromatic heterocycles. The second-order valence-electron chi connectivity index (χ2n) is 5.09. The van der Waals surface area contributed by atoms with Gasteiger partial charge in [0.2, 0.25) is 0 Å². The molecule has 3 rings (SSSR count). The molecule has 110 valence electrons. The zero-order chi connectivity index (χ0) is 14.8. The van der Waals surface area contributed by atoms with Crippen molar-refractivity contribution in [2.45, 2.75) is 19.4 Å². The Labute approximate surface area is 142 Å². The first-order valence-corrected chi connectivity index (χ1v) is 9.02. The number of fused-ring (bicyclic) bond motifs is 1. The highest BCUT2D eigenvalue weighted by atomic mass is 127. The fourth-order valence-electron chi connectivity index (χ4n) is 2.69. The molecule has 3 nitrogen and oxygen atoms in total. The van der Waals surface area contributed by atoms with Gasteiger partial charge >= 0.3 is 0 Å². The molecule has 0 bridgehead atoms. The molecule has 2 heterocycles. The maximum atomic E-state index is 4.72. The minimum atomic E-state index is 0.327. The third-order valence-corrected chi connectivity index (χ3v) is 5.48. The van der Waals surface area contributed by atoms with E-state index in [2.05, 4.69) is 70.5 Å². The minimum absolute atomic E-state index is 0.327. The topological polar surface area (TPSA) is 29.9 Å². The molecule has 1 aromatic carbocycles. The van der Waals surface area contributed by atoms with Crippen molar-refractivity contribution in [1.29, 1.82) is 0 Å². The van der Waals surface area contributed by atoms with E-state index in [-0.39, 0.29) is 0 Å². The zero-order valence-corrected chi connectivity index (χ0v) is 15.1. The van der Waals surface area contributed by atoms with Gasteiger partial charge in [0.1, 0.15) is 0 Å². The first-order chi connectivity index (χ1) is 10.2. The number of hydrogen-bond donors (Lipinski definition) is 1. The lowest BCUT2D eigenvalue weighted by Gasteiger charge is -2.15. The molecule has 0 fully saturated rings. The van der Waals surface area contributed by atoms with Crippen molar-refractivity contribution in [1.82, 2.24) is 15.1 Å². The van der Waals surface area contributed by atoms with E-state index in [4.69, 9.17) is 5.10 Å². The summed E-state index contributed by atoms with van der Waals surface area (Å²) in [5.74, 6) is 0. The van der Waals surface area contributed by atoms with Crippen molar-refractivity contribution in [3.05, 3.63) is 49.9 Å². The van der Waals surface area contributed by atoms with Crippen LogP contribution in [0.5, 0.6) is 0 Å². The number of nitrogens with zero attached hydrogens (tertiary/aromatic N) is 2. The number of rotatable bonds is 5. The number of aromatic nitrogens is 2. The lowest BCUT2D eigenvalue weighted by molar-refractivity contribution is 0.542. The Morgan fingerprint density at radius 1 is 1.38 bits per heavy atom. The highest BCUT2D eigenvalue weighted by Crippen LogP contribution is 2.27. The second-order valence-corrected chi connectivity index (χ2v) is 7.89. The van der Waals surface area contributed by atoms with E-state index < -0.39 is 0 Å². The van der Waals surface area contributed by atoms with Gasteiger partial charge in [0, 0.05) is 24.9 Å². The number of aryl methyl sites for hydroxylation is 1. The van der Waals surface area contributed by atoms with Crippen molar-refractivity contribution in [3.63, 3.8) is 0 Å². The van der Waals surface area contributed by atoms with Crippen molar-refractivity contribution < 1.29 is 0 Å². The SMILES string of the molecule is CCNC(Cc1nn(C)c2ccccc12)c1csc(I)c1. The third-order valence-electron chi connectivity index (χ3n) is 3.67. The molecule has 0 saturated heterocycles. The molecule has 1 atom stereocenters. The average molecular weight is 411 g/mol. The number of thiophene rings is 1. The van der Waals surface area contributed by atoms with Gasteiger partial charge in [-0.15, -0.1) is 11.3 Å². The predicted octanol–water partition coefficient (Wildman–Crippen LogP) is 4.13. The molecule has 0 aliphatic rings. The highest BCUT2D eigenvalue weighted by molar-refractivity contribution is 14.1. The van der Waals surface area contributed by atoms with Gasteiger partial charge in [0.15, 0.2) is 0 Å². The quantitative estimate of drug-likeness (QED) is 0.640. The van der Waals surface area contributed by atoms with E-state index in [9.17, 15) is 0 Å². The van der Waals surface area contributed by atoms with Crippen LogP contribution in [0.2, 0.25) is 0 Å². The van der Waals surface area contributed by atoms with Crippen molar-refractivity contribution >= 4 is 44.8 Å². The maximum absolute atomic E-state index is 4.72. The summed E-state index contributed by atoms with van der Waals surface area (Å²) < 4.78 is 3.31. The number of para-hydroxylation sites is 1. The van der Waals surface area contributed by atoms with Gasteiger partial charge < -0.3 is 5.32 Å². The van der Waals surface area contributed by atoms with Gasteiger partial charge in [-0.2, -0.15) is 5.10 Å². The Hall–Kier alpha value is -0.920. The van der Waals surface area contributed by atoms with Gasteiger partial charge in [-0.25, -0.2) is 0 Å². The fourth-order valence-corrected chi connectivity index (χ4v) is 4.12. The first kappa shape index (κ1) is 15.0. The van der Waals surface area contributed by atoms with E-state index >= 15 is 0 Å². The molecule has 0 saturated carbocycles. The molecule has 0 aliphatic carbocycles. The van der Waals surface area contributed by atoms with Crippen LogP contribution in [0.4, 0.5) is 0 Å². The van der Waals surface area contributed by atoms with Crippen LogP contribution in [0.3, 0.4) is 0 Å². The summed E-state index contributed by atoms with van der Waals surface area (Å²) >= 11 is 4.18. The summed E-state index contributed by atoms with van der Waals surface area (Å²) in [5.41, 5.74) is 3.73. The maximum Gasteiger partial charge on any atom is 0.0722 e. The molecule has 0 aliphatic heterocycles. The van der Waals surface area contributed by atoms with Crippen LogP contribution in [0, 0.1) is 2.88 Å². The number of benzene rings is 1. The number of likely N-dealkylation sites (N-methyl/N-ethyl adjacent to an activating group) is 1. The summed E-state index contributed by atoms with van der Waals surface area (Å²) in [6.07, 6.45) is 0.919. The van der Waals surface area contributed by atoms with Gasteiger partial charge in [0.05, 0.1) is 14.1 Å². The van der Waals surface area contributed by atoms with Crippen molar-refractivity contribution in [2.24, 2.45) is 7.05 Å². The summed E-state index contributed by atoms with van der Waals surface area (Å²) in [4.78, 5) is 0. The Morgan fingerprint density at radius 3 is 2.90 bits per heavy atom. The third kappa shape index (κ3) is 3.14. The summed E-state index contributed by atoms with van der Waals surface area (Å²) in [5, 5.41) is 11.8. The molecular formula is C16H18IN3S. The second kappa shape index (κ2) is 6.46. The molecule has 3 aromatic rings. The monoisotopic (exact) mass is 411 g/mol. The average Bonchev–Trinajstić information content (AvgIpc) is 3.04. The molecule has 21 heavy (non-hydrogen) atoms. The van der Waals surface area contributed by atoms with Gasteiger partial charge in [-0.05, 0) is 52.2 Å². The normalized spacial score (nSPS) is 12.9. The van der Waals surface area contributed by atoms with Crippen LogP contribution in [0.1, 0.15) is 24.2 Å². The number of nitrogens with one attached hydrogen (secondary N) is 1. The van der Waals surface area contributed by atoms with Crippen LogP contribution in [-0.4, -0.2) is 16.3 Å². The largest absolute Gasteiger partial charge is 0.310 e. The van der Waals surface area contributed by atoms with Crippen LogP contribution >= 0.6 is 33.9 Å². The summed E-state index contributed by atoms with van der Waals surface area (Å²) in [6.45, 7) is 3.11. The molecule has 0 radical (unpaired) electrons. The van der Waals surface area contributed by atoms with Gasteiger partial charge in [0.25, 0.3) is 0 Å². The fraction of sp³-hybridized carbons (Fsp3) is 0.312. The Morgan fingerprint density at radius 2 is 2.19 bits per heavy atom. The van der Waals surface area contributed by atoms with Crippen molar-refractivity contribution in [3.8, 4) is 0 Å². The van der Waals surface area contributed by atoms with Crippen LogP contribution in [-0.2, 0) is 13.5 Å². The molecule has 1 unspecified atom stereocenters. The Bertz CT molecular complexity index is 747. The lowest BCUT2D eigenvalue weighted by Crippen LogP contribution is -2.22. The van der Waals surface area contributed by atoms with Crippen molar-refractivity contribution in [2.75, 3.05) is 6.54 Å². The Kier molecular flexibility index (Phi) is 4.61. The highest BCUT2D eigenvalue weighted by Gasteiger charge is 2.17. The standard InChI is InChI=1S/C16H18IN3S/c1-3-18-13(11-8-16(17)21-10-11)9-14-12-6-4-5-7-15(12)20(2)19-14/h4-8,10,13,18H,3,9H2,1-2H3. The zero-order valence-electron chi connectivity index (χ0n) is 12.1. The minimum Gasteiger partial charge on any atom is -0.310 e. The molecule has 1 N–H and O–H groups in total. The van der Waals surface area contributed by atoms with Gasteiger partial charge in [-0.1, -0.05) is 25.1 Å². The van der Waals surface area contributed by atoms with Crippen LogP contribution in [0.25, 0.3) is 10.9 Å². The number of halogens is 1. The first-order valence-electron chi connectivity index (χ1n) is 7.07. The summed E-state index contributed by atoms with van der Waals surface area (Å²) in [7, 11) is 2.02. The van der Waals surface area contributed by atoms with E-state index in [0.717, 1.165) is 13.0 Å². The molecule has 0 spiro atoms. The summed E-state index contributed by atoms with van der Waals surface area (Å²) in [6, 6.07) is 11.0. The van der Waals surface area contributed by atoms with E-state index in [1.807, 2.05) is 11.7 Å². The lowest BCUT2D eigenvalue weighted by atomic mass is 10.0. The molecule has 5 heteroatoms. The van der Waals surface area contributed by atoms with Crippen LogP contribution in [0.15, 0.2) is 35.7 Å². The molecular weight excluding hydrogens is 393 g/mol. The van der Waals surface area contributed by atoms with Gasteiger partial charge in [-0.3, -0.25) is 4.68 Å². The smallest absolute Gasteiger partial charge is 0.0722 e. The Balaban J connectivity index is 1.94. The predicted molar refractivity (Wildman–Crippen MR) is 97.9 cm³/mol. The molecule has 0 amide bonds. The van der Waals surface area contributed by atoms with Crippen LogP contribution < -0.4 is 5.32 Å². The van der Waals surface area contributed by atoms with E-state index in [1.54, 1.807) is 11.3 Å².